The lowest BCUT2D eigenvalue weighted by Gasteiger charge is -2.00. The molecule has 0 aliphatic carbocycles. The zero-order valence-corrected chi connectivity index (χ0v) is 11.8. The number of hydrogen-bond acceptors (Lipinski definition) is 5. The minimum atomic E-state index is 0.721. The van der Waals surface area contributed by atoms with E-state index in [2.05, 4.69) is 15.7 Å². The molecule has 0 unspecified atom stereocenters. The number of thiazole rings is 1. The van der Waals surface area contributed by atoms with Crippen molar-refractivity contribution in [1.29, 1.82) is 0 Å². The fraction of sp³-hybridized carbons (Fsp3) is 0.364. The van der Waals surface area contributed by atoms with Crippen LogP contribution < -0.4 is 5.32 Å². The minimum absolute atomic E-state index is 0.721. The summed E-state index contributed by atoms with van der Waals surface area (Å²) >= 11 is 9.12. The third-order valence-corrected chi connectivity index (χ3v) is 4.24. The molecule has 0 aromatic carbocycles. The summed E-state index contributed by atoms with van der Waals surface area (Å²) in [6.45, 7) is 2.35. The zero-order chi connectivity index (χ0) is 12.1. The first-order valence-electron chi connectivity index (χ1n) is 5.19. The van der Waals surface area contributed by atoms with Gasteiger partial charge in [-0.1, -0.05) is 11.6 Å². The molecule has 0 atom stereocenters. The van der Waals surface area contributed by atoms with Gasteiger partial charge in [0.05, 0.1) is 21.5 Å². The van der Waals surface area contributed by atoms with Gasteiger partial charge in [0.2, 0.25) is 0 Å². The van der Waals surface area contributed by atoms with Gasteiger partial charge >= 0.3 is 0 Å². The van der Waals surface area contributed by atoms with E-state index in [9.17, 15) is 0 Å². The van der Waals surface area contributed by atoms with Crippen molar-refractivity contribution >= 4 is 34.3 Å². The van der Waals surface area contributed by atoms with Crippen LogP contribution in [0.2, 0.25) is 4.34 Å². The van der Waals surface area contributed by atoms with E-state index in [-0.39, 0.29) is 0 Å². The van der Waals surface area contributed by atoms with Crippen LogP contribution in [0, 0.1) is 0 Å². The molecular formula is C11H13ClN2OS2. The summed E-state index contributed by atoms with van der Waals surface area (Å²) in [4.78, 5) is 5.68. The molecule has 0 fully saturated rings. The Morgan fingerprint density at radius 3 is 3.06 bits per heavy atom. The molecule has 0 spiro atoms. The van der Waals surface area contributed by atoms with Crippen molar-refractivity contribution in [2.24, 2.45) is 0 Å². The Bertz CT molecular complexity index is 469. The Morgan fingerprint density at radius 2 is 2.35 bits per heavy atom. The molecule has 6 heteroatoms. The largest absolute Gasteiger partial charge is 0.383 e. The standard InChI is InChI=1S/C11H13ClN2OS2/c1-15-5-4-13-6-11-14-8(7-16-11)9-2-3-10(12)17-9/h2-3,7,13H,4-6H2,1H3. The summed E-state index contributed by atoms with van der Waals surface area (Å²) < 4.78 is 5.76. The lowest BCUT2D eigenvalue weighted by molar-refractivity contribution is 0.199. The predicted octanol–water partition coefficient (Wildman–Crippen LogP) is 3.26. The van der Waals surface area contributed by atoms with Gasteiger partial charge < -0.3 is 10.1 Å². The molecule has 0 aliphatic rings. The van der Waals surface area contributed by atoms with Crippen LogP contribution in [-0.4, -0.2) is 25.2 Å². The molecular weight excluding hydrogens is 276 g/mol. The molecule has 0 saturated carbocycles. The Hall–Kier alpha value is -0.460. The highest BCUT2D eigenvalue weighted by Gasteiger charge is 2.06. The number of halogens is 1. The van der Waals surface area contributed by atoms with Crippen LogP contribution in [0.3, 0.4) is 0 Å². The van der Waals surface area contributed by atoms with Crippen LogP contribution in [0.15, 0.2) is 17.5 Å². The Morgan fingerprint density at radius 1 is 1.47 bits per heavy atom. The van der Waals surface area contributed by atoms with Crippen LogP contribution in [0.4, 0.5) is 0 Å². The fourth-order valence-electron chi connectivity index (χ4n) is 1.33. The van der Waals surface area contributed by atoms with Crippen molar-refractivity contribution < 1.29 is 4.74 Å². The first-order valence-corrected chi connectivity index (χ1v) is 7.27. The number of aromatic nitrogens is 1. The van der Waals surface area contributed by atoms with Gasteiger partial charge in [0.25, 0.3) is 0 Å². The van der Waals surface area contributed by atoms with E-state index in [1.807, 2.05) is 12.1 Å². The van der Waals surface area contributed by atoms with E-state index < -0.39 is 0 Å². The van der Waals surface area contributed by atoms with Crippen molar-refractivity contribution in [2.45, 2.75) is 6.54 Å². The molecule has 17 heavy (non-hydrogen) atoms. The monoisotopic (exact) mass is 288 g/mol. The molecule has 92 valence electrons. The third-order valence-electron chi connectivity index (χ3n) is 2.14. The smallest absolute Gasteiger partial charge is 0.107 e. The Balaban J connectivity index is 1.92. The third kappa shape index (κ3) is 3.76. The van der Waals surface area contributed by atoms with Crippen molar-refractivity contribution in [2.75, 3.05) is 20.3 Å². The molecule has 1 N–H and O–H groups in total. The zero-order valence-electron chi connectivity index (χ0n) is 9.40. The molecule has 3 nitrogen and oxygen atoms in total. The van der Waals surface area contributed by atoms with Crippen LogP contribution in [0.25, 0.3) is 10.6 Å². The average molecular weight is 289 g/mol. The number of ether oxygens (including phenoxy) is 1. The van der Waals surface area contributed by atoms with E-state index in [0.717, 1.165) is 39.6 Å². The molecule has 0 amide bonds. The van der Waals surface area contributed by atoms with Gasteiger partial charge in [0, 0.05) is 25.6 Å². The van der Waals surface area contributed by atoms with Crippen LogP contribution in [0.5, 0.6) is 0 Å². The van der Waals surface area contributed by atoms with E-state index in [4.69, 9.17) is 16.3 Å². The van der Waals surface area contributed by atoms with E-state index in [1.165, 1.54) is 0 Å². The van der Waals surface area contributed by atoms with E-state index in [0.29, 0.717) is 0 Å². The molecule has 0 aliphatic heterocycles. The number of nitrogens with one attached hydrogen (secondary N) is 1. The molecule has 0 bridgehead atoms. The highest BCUT2D eigenvalue weighted by atomic mass is 35.5. The van der Waals surface area contributed by atoms with Crippen LogP contribution in [-0.2, 0) is 11.3 Å². The second-order valence-electron chi connectivity index (χ2n) is 3.40. The molecule has 2 aromatic heterocycles. The number of thiophene rings is 1. The Kier molecular flexibility index (Phi) is 4.94. The Labute approximate surface area is 113 Å². The molecule has 2 heterocycles. The summed E-state index contributed by atoms with van der Waals surface area (Å²) in [6.07, 6.45) is 0. The van der Waals surface area contributed by atoms with Gasteiger partial charge in [0.1, 0.15) is 5.01 Å². The van der Waals surface area contributed by atoms with E-state index in [1.54, 1.807) is 29.8 Å². The lowest BCUT2D eigenvalue weighted by atomic mass is 10.4. The highest BCUT2D eigenvalue weighted by molar-refractivity contribution is 7.19. The van der Waals surface area contributed by atoms with E-state index >= 15 is 0 Å². The van der Waals surface area contributed by atoms with Crippen molar-refractivity contribution in [1.82, 2.24) is 10.3 Å². The van der Waals surface area contributed by atoms with Gasteiger partial charge in [-0.15, -0.1) is 22.7 Å². The van der Waals surface area contributed by atoms with Gasteiger partial charge in [0.15, 0.2) is 0 Å². The molecule has 0 radical (unpaired) electrons. The minimum Gasteiger partial charge on any atom is -0.383 e. The van der Waals surface area contributed by atoms with Crippen LogP contribution in [0.1, 0.15) is 5.01 Å². The summed E-state index contributed by atoms with van der Waals surface area (Å²) in [5.41, 5.74) is 1.01. The second kappa shape index (κ2) is 6.47. The highest BCUT2D eigenvalue weighted by Crippen LogP contribution is 2.31. The summed E-state index contributed by atoms with van der Waals surface area (Å²) in [5, 5.41) is 6.42. The predicted molar refractivity (Wildman–Crippen MR) is 74.0 cm³/mol. The van der Waals surface area contributed by atoms with Gasteiger partial charge in [-0.05, 0) is 12.1 Å². The molecule has 2 rings (SSSR count). The van der Waals surface area contributed by atoms with Gasteiger partial charge in [-0.3, -0.25) is 0 Å². The first kappa shape index (κ1) is 13.0. The maximum atomic E-state index is 5.90. The fourth-order valence-corrected chi connectivity index (χ4v) is 3.17. The maximum absolute atomic E-state index is 5.90. The van der Waals surface area contributed by atoms with Gasteiger partial charge in [-0.25, -0.2) is 4.98 Å². The first-order chi connectivity index (χ1) is 8.29. The number of methoxy groups -OCH3 is 1. The lowest BCUT2D eigenvalue weighted by Crippen LogP contribution is -2.18. The van der Waals surface area contributed by atoms with Crippen molar-refractivity contribution in [3.8, 4) is 10.6 Å². The topological polar surface area (TPSA) is 34.1 Å². The summed E-state index contributed by atoms with van der Waals surface area (Å²) in [6, 6.07) is 3.90. The normalized spacial score (nSPS) is 10.9. The number of rotatable bonds is 6. The van der Waals surface area contributed by atoms with Gasteiger partial charge in [-0.2, -0.15) is 0 Å². The summed E-state index contributed by atoms with van der Waals surface area (Å²) in [7, 11) is 1.70. The summed E-state index contributed by atoms with van der Waals surface area (Å²) in [5.74, 6) is 0. The second-order valence-corrected chi connectivity index (χ2v) is 6.06. The quantitative estimate of drug-likeness (QED) is 0.829. The molecule has 2 aromatic rings. The molecule has 0 saturated heterocycles. The van der Waals surface area contributed by atoms with Crippen molar-refractivity contribution in [3.05, 3.63) is 26.9 Å². The maximum Gasteiger partial charge on any atom is 0.107 e. The average Bonchev–Trinajstić information content (AvgIpc) is 2.93. The van der Waals surface area contributed by atoms with Crippen molar-refractivity contribution in [3.63, 3.8) is 0 Å². The SMILES string of the molecule is COCCNCc1nc(-c2ccc(Cl)s2)cs1. The number of hydrogen-bond donors (Lipinski definition) is 1. The number of nitrogens with zero attached hydrogens (tertiary/aromatic N) is 1. The van der Waals surface area contributed by atoms with Crippen LogP contribution >= 0.6 is 34.3 Å².